The molecule has 0 spiro atoms. The van der Waals surface area contributed by atoms with Crippen molar-refractivity contribution < 1.29 is 22.7 Å². The largest absolute Gasteiger partial charge is 0.486 e. The number of rotatable bonds is 6. The van der Waals surface area contributed by atoms with Crippen LogP contribution in [0.1, 0.15) is 10.4 Å². The number of carbonyl (C=O) groups is 1. The maximum absolute atomic E-state index is 12.8. The SMILES string of the molecule is O=C(Nc1ccc(-n2cnnn2)cc1)c1ccc(NS(=O)(=O)c2ccc3c(c2)OCCO3)cc1. The Bertz CT molecular complexity index is 1420. The maximum Gasteiger partial charge on any atom is 0.262 e. The summed E-state index contributed by atoms with van der Waals surface area (Å²) in [6.07, 6.45) is 1.47. The Morgan fingerprint density at radius 2 is 1.59 bits per heavy atom. The summed E-state index contributed by atoms with van der Waals surface area (Å²) in [6.45, 7) is 0.778. The molecule has 0 fully saturated rings. The van der Waals surface area contributed by atoms with E-state index in [0.717, 1.165) is 5.69 Å². The molecule has 2 N–H and O–H groups in total. The standard InChI is InChI=1S/C22H18N6O5S/c29-22(24-16-5-7-18(8-6-16)28-14-23-26-27-28)15-1-3-17(4-2-15)25-34(30,31)19-9-10-20-21(13-19)33-12-11-32-20/h1-10,13-14,25H,11-12H2,(H,24,29). The Morgan fingerprint density at radius 3 is 2.29 bits per heavy atom. The number of nitrogens with one attached hydrogen (secondary N) is 2. The van der Waals surface area contributed by atoms with Gasteiger partial charge < -0.3 is 14.8 Å². The third-order valence-electron chi connectivity index (χ3n) is 4.96. The number of aromatic nitrogens is 4. The van der Waals surface area contributed by atoms with Gasteiger partial charge in [0, 0.05) is 23.0 Å². The first-order chi connectivity index (χ1) is 16.5. The zero-order valence-corrected chi connectivity index (χ0v) is 18.4. The molecule has 1 amide bonds. The molecule has 0 saturated heterocycles. The van der Waals surface area contributed by atoms with Gasteiger partial charge in [0.2, 0.25) is 0 Å². The fraction of sp³-hybridized carbons (Fsp3) is 0.0909. The molecule has 0 unspecified atom stereocenters. The van der Waals surface area contributed by atoms with Gasteiger partial charge in [-0.1, -0.05) is 0 Å². The van der Waals surface area contributed by atoms with Gasteiger partial charge in [-0.05, 0) is 71.1 Å². The average Bonchev–Trinajstić information content (AvgIpc) is 3.39. The van der Waals surface area contributed by atoms with E-state index < -0.39 is 10.0 Å². The summed E-state index contributed by atoms with van der Waals surface area (Å²) in [5.74, 6) is 0.550. The summed E-state index contributed by atoms with van der Waals surface area (Å²) in [7, 11) is -3.85. The quantitative estimate of drug-likeness (QED) is 0.431. The Morgan fingerprint density at radius 1 is 0.882 bits per heavy atom. The number of tetrazole rings is 1. The van der Waals surface area contributed by atoms with E-state index in [-0.39, 0.29) is 10.8 Å². The van der Waals surface area contributed by atoms with Gasteiger partial charge in [0.25, 0.3) is 15.9 Å². The first-order valence-electron chi connectivity index (χ1n) is 10.2. The minimum absolute atomic E-state index is 0.0451. The number of anilines is 2. The van der Waals surface area contributed by atoms with Crippen molar-refractivity contribution in [1.29, 1.82) is 0 Å². The van der Waals surface area contributed by atoms with Crippen LogP contribution in [0.2, 0.25) is 0 Å². The summed E-state index contributed by atoms with van der Waals surface area (Å²) in [5, 5.41) is 13.8. The highest BCUT2D eigenvalue weighted by atomic mass is 32.2. The highest BCUT2D eigenvalue weighted by Gasteiger charge is 2.19. The van der Waals surface area contributed by atoms with E-state index in [4.69, 9.17) is 9.47 Å². The van der Waals surface area contributed by atoms with Crippen molar-refractivity contribution in [1.82, 2.24) is 20.2 Å². The number of sulfonamides is 1. The predicted octanol–water partition coefficient (Wildman–Crippen LogP) is 2.49. The lowest BCUT2D eigenvalue weighted by Crippen LogP contribution is -2.17. The molecule has 2 heterocycles. The van der Waals surface area contributed by atoms with Gasteiger partial charge >= 0.3 is 0 Å². The zero-order valence-electron chi connectivity index (χ0n) is 17.6. The number of carbonyl (C=O) groups excluding carboxylic acids is 1. The number of fused-ring (bicyclic) bond motifs is 1. The molecule has 11 nitrogen and oxygen atoms in total. The van der Waals surface area contributed by atoms with Crippen LogP contribution in [0.4, 0.5) is 11.4 Å². The van der Waals surface area contributed by atoms with Crippen LogP contribution >= 0.6 is 0 Å². The molecule has 1 aromatic heterocycles. The summed E-state index contributed by atoms with van der Waals surface area (Å²) in [5.41, 5.74) is 2.02. The molecule has 34 heavy (non-hydrogen) atoms. The van der Waals surface area contributed by atoms with Crippen LogP contribution in [0.5, 0.6) is 11.5 Å². The molecule has 12 heteroatoms. The third-order valence-corrected chi connectivity index (χ3v) is 6.34. The second-order valence-electron chi connectivity index (χ2n) is 7.24. The molecular formula is C22H18N6O5S. The predicted molar refractivity (Wildman–Crippen MR) is 122 cm³/mol. The number of amides is 1. The lowest BCUT2D eigenvalue weighted by Gasteiger charge is -2.19. The minimum Gasteiger partial charge on any atom is -0.486 e. The number of nitrogens with zero attached hydrogens (tertiary/aromatic N) is 4. The molecule has 0 radical (unpaired) electrons. The van der Waals surface area contributed by atoms with Gasteiger partial charge in [-0.25, -0.2) is 13.1 Å². The van der Waals surface area contributed by atoms with Gasteiger partial charge in [0.05, 0.1) is 10.6 Å². The first kappa shape index (κ1) is 21.4. The molecule has 0 saturated carbocycles. The maximum atomic E-state index is 12.8. The number of hydrogen-bond acceptors (Lipinski definition) is 8. The lowest BCUT2D eigenvalue weighted by atomic mass is 10.2. The summed E-state index contributed by atoms with van der Waals surface area (Å²) >= 11 is 0. The van der Waals surface area contributed by atoms with Gasteiger partial charge in [0.15, 0.2) is 11.5 Å². The molecule has 1 aliphatic heterocycles. The lowest BCUT2D eigenvalue weighted by molar-refractivity contribution is 0.102. The topological polar surface area (TPSA) is 137 Å². The molecular weight excluding hydrogens is 460 g/mol. The van der Waals surface area contributed by atoms with Crippen LogP contribution in [0.3, 0.4) is 0 Å². The van der Waals surface area contributed by atoms with Crippen molar-refractivity contribution in [3.8, 4) is 17.2 Å². The molecule has 0 aliphatic carbocycles. The van der Waals surface area contributed by atoms with Crippen LogP contribution in [-0.2, 0) is 10.0 Å². The fourth-order valence-corrected chi connectivity index (χ4v) is 4.35. The Kier molecular flexibility index (Phi) is 5.55. The third kappa shape index (κ3) is 4.52. The number of benzene rings is 3. The normalized spacial score (nSPS) is 12.7. The second-order valence-corrected chi connectivity index (χ2v) is 8.93. The highest BCUT2D eigenvalue weighted by molar-refractivity contribution is 7.92. The smallest absolute Gasteiger partial charge is 0.262 e. The van der Waals surface area contributed by atoms with Crippen LogP contribution in [0.25, 0.3) is 5.69 Å². The van der Waals surface area contributed by atoms with Crippen molar-refractivity contribution in [3.63, 3.8) is 0 Å². The molecule has 172 valence electrons. The van der Waals surface area contributed by atoms with Crippen LogP contribution < -0.4 is 19.5 Å². The number of ether oxygens (including phenoxy) is 2. The molecule has 0 bridgehead atoms. The van der Waals surface area contributed by atoms with E-state index in [0.29, 0.717) is 41.7 Å². The summed E-state index contributed by atoms with van der Waals surface area (Å²) in [6, 6.07) is 17.5. The van der Waals surface area contributed by atoms with Crippen molar-refractivity contribution in [2.75, 3.05) is 23.3 Å². The summed E-state index contributed by atoms with van der Waals surface area (Å²) < 4.78 is 40.4. The first-order valence-corrected chi connectivity index (χ1v) is 11.6. The van der Waals surface area contributed by atoms with E-state index in [1.807, 2.05) is 0 Å². The van der Waals surface area contributed by atoms with Gasteiger partial charge in [0.1, 0.15) is 19.5 Å². The number of hydrogen-bond donors (Lipinski definition) is 2. The van der Waals surface area contributed by atoms with E-state index in [1.165, 1.54) is 47.4 Å². The Labute approximate surface area is 194 Å². The van der Waals surface area contributed by atoms with E-state index >= 15 is 0 Å². The van der Waals surface area contributed by atoms with Crippen molar-refractivity contribution >= 4 is 27.3 Å². The van der Waals surface area contributed by atoms with Crippen molar-refractivity contribution in [2.24, 2.45) is 0 Å². The second kappa shape index (κ2) is 8.83. The highest BCUT2D eigenvalue weighted by Crippen LogP contribution is 2.32. The van der Waals surface area contributed by atoms with Gasteiger partial charge in [-0.2, -0.15) is 0 Å². The van der Waals surface area contributed by atoms with Crippen molar-refractivity contribution in [2.45, 2.75) is 4.90 Å². The van der Waals surface area contributed by atoms with E-state index in [1.54, 1.807) is 30.3 Å². The fourth-order valence-electron chi connectivity index (χ4n) is 3.27. The van der Waals surface area contributed by atoms with Crippen LogP contribution in [0, 0.1) is 0 Å². The Balaban J connectivity index is 1.24. The molecule has 0 atom stereocenters. The zero-order chi connectivity index (χ0) is 23.5. The Hall–Kier alpha value is -4.45. The minimum atomic E-state index is -3.85. The molecule has 3 aromatic carbocycles. The average molecular weight is 478 g/mol. The van der Waals surface area contributed by atoms with Gasteiger partial charge in [-0.15, -0.1) is 5.10 Å². The van der Waals surface area contributed by atoms with E-state index in [2.05, 4.69) is 25.6 Å². The van der Waals surface area contributed by atoms with E-state index in [9.17, 15) is 13.2 Å². The monoisotopic (exact) mass is 478 g/mol. The van der Waals surface area contributed by atoms with Crippen molar-refractivity contribution in [3.05, 3.63) is 78.6 Å². The van der Waals surface area contributed by atoms with Gasteiger partial charge in [-0.3, -0.25) is 9.52 Å². The molecule has 5 rings (SSSR count). The van der Waals surface area contributed by atoms with Crippen LogP contribution in [-0.4, -0.2) is 47.7 Å². The summed E-state index contributed by atoms with van der Waals surface area (Å²) in [4.78, 5) is 12.6. The molecule has 1 aliphatic rings. The van der Waals surface area contributed by atoms with Crippen LogP contribution in [0.15, 0.2) is 78.0 Å². The molecule has 4 aromatic rings.